The van der Waals surface area contributed by atoms with Crippen molar-refractivity contribution in [1.82, 2.24) is 0 Å². The van der Waals surface area contributed by atoms with Gasteiger partial charge in [0.2, 0.25) is 0 Å². The van der Waals surface area contributed by atoms with Crippen molar-refractivity contribution in [1.29, 1.82) is 10.5 Å². The van der Waals surface area contributed by atoms with Gasteiger partial charge in [-0.25, -0.2) is 0 Å². The maximum absolute atomic E-state index is 11.5. The fourth-order valence-electron chi connectivity index (χ4n) is 19.3. The molecule has 0 aliphatic carbocycles. The van der Waals surface area contributed by atoms with E-state index >= 15 is 0 Å². The van der Waals surface area contributed by atoms with Crippen molar-refractivity contribution in [2.45, 2.75) is 569 Å². The van der Waals surface area contributed by atoms with Gasteiger partial charge in [0, 0.05) is 0 Å². The summed E-state index contributed by atoms with van der Waals surface area (Å²) in [6.07, 6.45) is 110. The summed E-state index contributed by atoms with van der Waals surface area (Å²) in [7, 11) is 0. The highest BCUT2D eigenvalue weighted by Crippen LogP contribution is 2.39. The smallest absolute Gasteiger partial charge is 0.130 e. The molecular formula is C120H208N2O4. The number of benzene rings is 3. The Balaban J connectivity index is 2.20. The Hall–Kier alpha value is -4.68. The van der Waals surface area contributed by atoms with Crippen LogP contribution in [0.4, 0.5) is 0 Å². The van der Waals surface area contributed by atoms with Gasteiger partial charge in [-0.1, -0.05) is 554 Å². The average molecular weight is 1740 g/mol. The third kappa shape index (κ3) is 64.2. The van der Waals surface area contributed by atoms with E-state index in [2.05, 4.69) is 140 Å². The molecule has 0 aliphatic heterocycles. The van der Waals surface area contributed by atoms with Crippen LogP contribution in [-0.4, -0.2) is 26.4 Å². The van der Waals surface area contributed by atoms with E-state index < -0.39 is 0 Å². The Kier molecular flexibility index (Phi) is 80.9. The van der Waals surface area contributed by atoms with Gasteiger partial charge < -0.3 is 18.9 Å². The quantitative estimate of drug-likeness (QED) is 0.0318. The van der Waals surface area contributed by atoms with E-state index in [4.69, 9.17) is 18.9 Å². The van der Waals surface area contributed by atoms with E-state index in [0.717, 1.165) is 45.3 Å². The Morgan fingerprint density at radius 3 is 0.476 bits per heavy atom. The average Bonchev–Trinajstić information content (AvgIpc) is 0.817. The molecule has 4 unspecified atom stereocenters. The second kappa shape index (κ2) is 88.3. The van der Waals surface area contributed by atoms with Crippen LogP contribution in [-0.2, 0) is 0 Å². The van der Waals surface area contributed by atoms with Crippen molar-refractivity contribution in [3.05, 3.63) is 82.9 Å². The van der Waals surface area contributed by atoms with Crippen LogP contribution in [0.3, 0.4) is 0 Å². The Morgan fingerprint density at radius 2 is 0.341 bits per heavy atom. The first kappa shape index (κ1) is 115. The predicted octanol–water partition coefficient (Wildman–Crippen LogP) is 41.2. The molecule has 6 heteroatoms. The first-order valence-corrected chi connectivity index (χ1v) is 56.4. The third-order valence-corrected chi connectivity index (χ3v) is 28.0. The van der Waals surface area contributed by atoms with E-state index in [-0.39, 0.29) is 0 Å². The van der Waals surface area contributed by atoms with E-state index in [0.29, 0.717) is 61.2 Å². The van der Waals surface area contributed by atoms with Crippen molar-refractivity contribution in [3.8, 4) is 35.1 Å². The number of allylic oxidation sites excluding steroid dienone is 2. The topological polar surface area (TPSA) is 84.5 Å². The molecule has 3 aromatic rings. The molecule has 722 valence electrons. The van der Waals surface area contributed by atoms with Gasteiger partial charge in [-0.05, 0) is 123 Å². The zero-order chi connectivity index (χ0) is 90.2. The predicted molar refractivity (Wildman–Crippen MR) is 557 cm³/mol. The number of hydrogen-bond acceptors (Lipinski definition) is 6. The van der Waals surface area contributed by atoms with Crippen molar-refractivity contribution in [3.63, 3.8) is 0 Å². The molecule has 0 bridgehead atoms. The maximum Gasteiger partial charge on any atom is 0.130 e. The fourth-order valence-corrected chi connectivity index (χ4v) is 19.3. The van der Waals surface area contributed by atoms with Crippen LogP contribution in [0.1, 0.15) is 591 Å². The van der Waals surface area contributed by atoms with E-state index in [1.165, 1.54) is 514 Å². The summed E-state index contributed by atoms with van der Waals surface area (Å²) in [4.78, 5) is 0. The van der Waals surface area contributed by atoms with Gasteiger partial charge in [0.1, 0.15) is 23.0 Å². The molecule has 0 saturated heterocycles. The van der Waals surface area contributed by atoms with Crippen LogP contribution in [0, 0.1) is 46.3 Å². The van der Waals surface area contributed by atoms with Crippen molar-refractivity contribution < 1.29 is 18.9 Å². The van der Waals surface area contributed by atoms with Crippen molar-refractivity contribution in [2.75, 3.05) is 26.4 Å². The Bertz CT molecular complexity index is 2650. The molecule has 4 atom stereocenters. The lowest BCUT2D eigenvalue weighted by Gasteiger charge is -2.22. The van der Waals surface area contributed by atoms with E-state index in [9.17, 15) is 10.5 Å². The zero-order valence-electron chi connectivity index (χ0n) is 85.2. The number of unbranched alkanes of at least 4 members (excludes halogenated alkanes) is 64. The molecule has 0 amide bonds. The van der Waals surface area contributed by atoms with Crippen molar-refractivity contribution in [2.24, 2.45) is 23.7 Å². The minimum Gasteiger partial charge on any atom is -0.493 e. The number of hydrogen-bond donors (Lipinski definition) is 0. The summed E-state index contributed by atoms with van der Waals surface area (Å²) < 4.78 is 28.9. The molecule has 0 heterocycles. The van der Waals surface area contributed by atoms with Crippen molar-refractivity contribution >= 4 is 23.3 Å². The SMILES string of the molecule is CCCCCCCCCCCCC(CCCCCCCCCC)COc1cccc(OCC(CCCCCCCCCC)CCCCCCCCCCCC)c1/C=C(\C#N)c1ccc(/C(C#N)=C/c2c(OCC(CCCCCCCCCC)CCCCCCCCCCCC)cccc2OCC(CCCCCCCCCC)CCCCCCCCCCCC)cc1. The lowest BCUT2D eigenvalue weighted by molar-refractivity contribution is 0.213. The first-order chi connectivity index (χ1) is 62.3. The standard InChI is InChI=1S/C120H208N2O4/c1-9-17-25-33-41-49-53-61-69-77-87-107(83-73-65-57-45-37-29-21-13-5)103-123-117-91-81-92-118(124-104-108(84-74-66-58-46-38-30-22-14-6)88-78-70-62-54-50-42-34-26-18-10-2)115(117)99-113(101-121)111-95-97-112(98-96-111)114(102-122)100-116-119(125-105-109(85-75-67-59-47-39-31-23-15-7)89-79-71-63-55-51-43-35-27-19-11-3)93-82-94-120(116)126-106-110(86-76-68-60-48-40-32-24-16-8)90-80-72-64-56-52-44-36-28-20-12-4/h81-82,91-100,107-110H,9-80,83-90,103-106H2,1-8H3/b113-99+,114-100+. The van der Waals surface area contributed by atoms with Crippen LogP contribution in [0.5, 0.6) is 23.0 Å². The van der Waals surface area contributed by atoms with Gasteiger partial charge in [0.05, 0.1) is 60.8 Å². The van der Waals surface area contributed by atoms with Crippen LogP contribution in [0.15, 0.2) is 60.7 Å². The summed E-state index contributed by atoms with van der Waals surface area (Å²) >= 11 is 0. The van der Waals surface area contributed by atoms with Crippen LogP contribution < -0.4 is 18.9 Å². The summed E-state index contributed by atoms with van der Waals surface area (Å²) in [6.45, 7) is 21.2. The fraction of sp³-hybridized carbons (Fsp3) is 0.800. The maximum atomic E-state index is 11.5. The summed E-state index contributed by atoms with van der Waals surface area (Å²) in [6, 6.07) is 26.5. The summed E-state index contributed by atoms with van der Waals surface area (Å²) in [5, 5.41) is 23.1. The molecule has 3 rings (SSSR count). The monoisotopic (exact) mass is 1740 g/mol. The molecule has 0 spiro atoms. The van der Waals surface area contributed by atoms with Crippen LogP contribution in [0.2, 0.25) is 0 Å². The molecule has 0 fully saturated rings. The van der Waals surface area contributed by atoms with Gasteiger partial charge in [-0.2, -0.15) is 10.5 Å². The number of nitrogens with zero attached hydrogens (tertiary/aromatic N) is 2. The largest absolute Gasteiger partial charge is 0.493 e. The highest BCUT2D eigenvalue weighted by molar-refractivity contribution is 5.94. The van der Waals surface area contributed by atoms with Gasteiger partial charge in [-0.3, -0.25) is 0 Å². The highest BCUT2D eigenvalue weighted by Gasteiger charge is 2.22. The number of ether oxygens (including phenoxy) is 4. The zero-order valence-corrected chi connectivity index (χ0v) is 85.2. The molecule has 6 nitrogen and oxygen atoms in total. The second-order valence-corrected chi connectivity index (χ2v) is 39.9. The Morgan fingerprint density at radius 1 is 0.206 bits per heavy atom. The molecule has 0 saturated carbocycles. The van der Waals surface area contributed by atoms with Gasteiger partial charge >= 0.3 is 0 Å². The van der Waals surface area contributed by atoms with Crippen LogP contribution >= 0.6 is 0 Å². The normalized spacial score (nSPS) is 12.8. The lowest BCUT2D eigenvalue weighted by Crippen LogP contribution is -2.15. The van der Waals surface area contributed by atoms with E-state index in [1.807, 2.05) is 0 Å². The Labute approximate surface area is 785 Å². The minimum atomic E-state index is 0.463. The molecule has 3 aromatic carbocycles. The summed E-state index contributed by atoms with van der Waals surface area (Å²) in [5.74, 6) is 5.08. The molecule has 0 aromatic heterocycles. The molecule has 0 N–H and O–H groups in total. The molecular weight excluding hydrogens is 1530 g/mol. The summed E-state index contributed by atoms with van der Waals surface area (Å²) in [5.41, 5.74) is 4.45. The van der Waals surface area contributed by atoms with Gasteiger partial charge in [0.15, 0.2) is 0 Å². The van der Waals surface area contributed by atoms with Gasteiger partial charge in [-0.15, -0.1) is 0 Å². The number of nitriles is 2. The molecule has 0 aliphatic rings. The lowest BCUT2D eigenvalue weighted by atomic mass is 9.94. The minimum absolute atomic E-state index is 0.463. The highest BCUT2D eigenvalue weighted by atomic mass is 16.5. The molecule has 126 heavy (non-hydrogen) atoms. The van der Waals surface area contributed by atoms with Crippen LogP contribution in [0.25, 0.3) is 23.3 Å². The third-order valence-electron chi connectivity index (χ3n) is 28.0. The molecule has 0 radical (unpaired) electrons. The van der Waals surface area contributed by atoms with E-state index in [1.54, 1.807) is 0 Å². The van der Waals surface area contributed by atoms with Gasteiger partial charge in [0.25, 0.3) is 0 Å². The second-order valence-electron chi connectivity index (χ2n) is 39.9. The number of rotatable bonds is 96. The first-order valence-electron chi connectivity index (χ1n) is 56.4.